The van der Waals surface area contributed by atoms with E-state index >= 15 is 0 Å². The molecule has 1 rings (SSSR count). The molecular weight excluding hydrogens is 355 g/mol. The molecule has 7 nitrogen and oxygen atoms in total. The predicted octanol–water partition coefficient (Wildman–Crippen LogP) is 4.37. The van der Waals surface area contributed by atoms with E-state index in [0.29, 0.717) is 18.6 Å². The lowest BCUT2D eigenvalue weighted by atomic mass is 10.1. The average Bonchev–Trinajstić information content (AvgIpc) is 2.45. The fourth-order valence-electron chi connectivity index (χ4n) is 2.20. The maximum atomic E-state index is 12.9. The van der Waals surface area contributed by atoms with Gasteiger partial charge in [-0.05, 0) is 20.3 Å². The Morgan fingerprint density at radius 2 is 1.62 bits per heavy atom. The van der Waals surface area contributed by atoms with Crippen molar-refractivity contribution in [3.05, 3.63) is 37.9 Å². The van der Waals surface area contributed by atoms with Crippen LogP contribution in [0.25, 0.3) is 0 Å². The molecule has 0 spiro atoms. The quantitative estimate of drug-likeness (QED) is 0.404. The maximum absolute atomic E-state index is 12.9. The van der Waals surface area contributed by atoms with E-state index in [1.165, 1.54) is 4.90 Å². The van der Waals surface area contributed by atoms with Crippen LogP contribution in [0.15, 0.2) is 12.1 Å². The summed E-state index contributed by atoms with van der Waals surface area (Å²) in [7, 11) is 0. The van der Waals surface area contributed by atoms with Gasteiger partial charge in [0, 0.05) is 30.6 Å². The Kier molecular flexibility index (Phi) is 6.35. The number of benzene rings is 1. The molecular formula is C13H15ClF3N3O4. The molecule has 134 valence electrons. The number of halogens is 4. The fraction of sp³-hybridized carbons (Fsp3) is 0.538. The molecule has 0 atom stereocenters. The number of nitro benzene ring substituents is 2. The summed E-state index contributed by atoms with van der Waals surface area (Å²) in [6.07, 6.45) is -4.58. The summed E-state index contributed by atoms with van der Waals surface area (Å²) in [5.74, 6) is 0.200. The summed E-state index contributed by atoms with van der Waals surface area (Å²) in [6, 6.07) is 0.221. The zero-order valence-electron chi connectivity index (χ0n) is 12.8. The lowest BCUT2D eigenvalue weighted by Gasteiger charge is -2.28. The van der Waals surface area contributed by atoms with Crippen LogP contribution in [0.2, 0.25) is 0 Å². The maximum Gasteiger partial charge on any atom is 0.416 e. The van der Waals surface area contributed by atoms with Crippen molar-refractivity contribution in [2.45, 2.75) is 32.5 Å². The molecule has 0 aliphatic rings. The molecule has 0 aliphatic heterocycles. The van der Waals surface area contributed by atoms with Gasteiger partial charge in [0.25, 0.3) is 11.4 Å². The van der Waals surface area contributed by atoms with Gasteiger partial charge >= 0.3 is 6.18 Å². The van der Waals surface area contributed by atoms with Crippen molar-refractivity contribution in [1.29, 1.82) is 0 Å². The molecule has 0 fully saturated rings. The first-order chi connectivity index (χ1) is 11.0. The molecule has 0 bridgehead atoms. The first kappa shape index (κ1) is 19.9. The van der Waals surface area contributed by atoms with Gasteiger partial charge in [0.15, 0.2) is 5.69 Å². The van der Waals surface area contributed by atoms with Crippen molar-refractivity contribution in [3.8, 4) is 0 Å². The first-order valence-electron chi connectivity index (χ1n) is 6.87. The Hall–Kier alpha value is -2.10. The van der Waals surface area contributed by atoms with E-state index in [1.807, 2.05) is 0 Å². The SMILES string of the molecule is CC(C)N(CCCCl)c1c([N+](=O)[O-])cc(C(F)(F)F)cc1[N+](=O)[O-]. The Labute approximate surface area is 140 Å². The number of hydrogen-bond acceptors (Lipinski definition) is 5. The second-order valence-electron chi connectivity index (χ2n) is 5.20. The fourth-order valence-corrected chi connectivity index (χ4v) is 2.32. The van der Waals surface area contributed by atoms with E-state index in [1.54, 1.807) is 13.8 Å². The highest BCUT2D eigenvalue weighted by Gasteiger charge is 2.39. The number of anilines is 1. The summed E-state index contributed by atoms with van der Waals surface area (Å²) >= 11 is 5.58. The molecule has 0 radical (unpaired) electrons. The van der Waals surface area contributed by atoms with Crippen LogP contribution in [0.5, 0.6) is 0 Å². The van der Waals surface area contributed by atoms with Gasteiger partial charge in [-0.25, -0.2) is 0 Å². The molecule has 0 N–H and O–H groups in total. The molecule has 11 heteroatoms. The molecule has 0 saturated carbocycles. The zero-order valence-corrected chi connectivity index (χ0v) is 13.6. The second-order valence-corrected chi connectivity index (χ2v) is 5.58. The van der Waals surface area contributed by atoms with E-state index in [-0.39, 0.29) is 12.4 Å². The van der Waals surface area contributed by atoms with Crippen molar-refractivity contribution in [3.63, 3.8) is 0 Å². The van der Waals surface area contributed by atoms with Gasteiger partial charge in [0.2, 0.25) is 0 Å². The molecule has 0 aliphatic carbocycles. The number of hydrogen-bond donors (Lipinski definition) is 0. The van der Waals surface area contributed by atoms with E-state index in [9.17, 15) is 33.4 Å². The Morgan fingerprint density at radius 1 is 1.17 bits per heavy atom. The Morgan fingerprint density at radius 3 is 1.92 bits per heavy atom. The normalized spacial score (nSPS) is 11.6. The summed E-state index contributed by atoms with van der Waals surface area (Å²) < 4.78 is 38.7. The topological polar surface area (TPSA) is 89.5 Å². The summed E-state index contributed by atoms with van der Waals surface area (Å²) in [6.45, 7) is 3.38. The zero-order chi connectivity index (χ0) is 18.7. The molecule has 0 unspecified atom stereocenters. The van der Waals surface area contributed by atoms with Crippen molar-refractivity contribution in [2.24, 2.45) is 0 Å². The van der Waals surface area contributed by atoms with Crippen molar-refractivity contribution in [2.75, 3.05) is 17.3 Å². The smallest absolute Gasteiger partial charge is 0.358 e. The largest absolute Gasteiger partial charge is 0.416 e. The highest BCUT2D eigenvalue weighted by atomic mass is 35.5. The number of alkyl halides is 4. The number of nitro groups is 2. The van der Waals surface area contributed by atoms with E-state index in [4.69, 9.17) is 11.6 Å². The molecule has 24 heavy (non-hydrogen) atoms. The lowest BCUT2D eigenvalue weighted by molar-refractivity contribution is -0.393. The van der Waals surface area contributed by atoms with E-state index in [2.05, 4.69) is 0 Å². The molecule has 0 amide bonds. The van der Waals surface area contributed by atoms with Gasteiger partial charge in [-0.2, -0.15) is 13.2 Å². The second kappa shape index (κ2) is 7.65. The molecule has 1 aromatic carbocycles. The van der Waals surface area contributed by atoms with Gasteiger partial charge in [0.1, 0.15) is 0 Å². The summed E-state index contributed by atoms with van der Waals surface area (Å²) in [4.78, 5) is 21.7. The van der Waals surface area contributed by atoms with Gasteiger partial charge < -0.3 is 4.90 Å². The molecule has 0 saturated heterocycles. The van der Waals surface area contributed by atoms with Gasteiger partial charge in [-0.15, -0.1) is 11.6 Å². The highest BCUT2D eigenvalue weighted by Crippen LogP contribution is 2.43. The molecule has 0 aromatic heterocycles. The average molecular weight is 370 g/mol. The van der Waals surface area contributed by atoms with Crippen LogP contribution in [-0.4, -0.2) is 28.3 Å². The minimum absolute atomic E-state index is 0.133. The first-order valence-corrected chi connectivity index (χ1v) is 7.40. The highest BCUT2D eigenvalue weighted by molar-refractivity contribution is 6.17. The minimum atomic E-state index is -4.94. The van der Waals surface area contributed by atoms with Crippen LogP contribution >= 0.6 is 11.6 Å². The van der Waals surface area contributed by atoms with Crippen LogP contribution in [0.1, 0.15) is 25.8 Å². The monoisotopic (exact) mass is 369 g/mol. The third-order valence-electron chi connectivity index (χ3n) is 3.23. The molecule has 1 aromatic rings. The van der Waals surface area contributed by atoms with Crippen molar-refractivity contribution in [1.82, 2.24) is 0 Å². The minimum Gasteiger partial charge on any atom is -0.358 e. The summed E-state index contributed by atoms with van der Waals surface area (Å²) in [5, 5.41) is 22.5. The third-order valence-corrected chi connectivity index (χ3v) is 3.50. The number of nitrogens with zero attached hydrogens (tertiary/aromatic N) is 3. The number of rotatable bonds is 7. The third kappa shape index (κ3) is 4.47. The van der Waals surface area contributed by atoms with Crippen molar-refractivity contribution < 1.29 is 23.0 Å². The van der Waals surface area contributed by atoms with Gasteiger partial charge in [-0.1, -0.05) is 0 Å². The van der Waals surface area contributed by atoms with Crippen LogP contribution in [0, 0.1) is 20.2 Å². The standard InChI is InChI=1S/C13H15ClF3N3O4/c1-8(2)18(5-3-4-14)12-10(19(21)22)6-9(13(15,16)17)7-11(12)20(23)24/h6-8H,3-5H2,1-2H3. The Bertz CT molecular complexity index is 602. The van der Waals surface area contributed by atoms with Crippen LogP contribution in [0.3, 0.4) is 0 Å². The Balaban J connectivity index is 3.72. The molecule has 0 heterocycles. The lowest BCUT2D eigenvalue weighted by Crippen LogP contribution is -2.33. The predicted molar refractivity (Wildman–Crippen MR) is 82.6 cm³/mol. The van der Waals surface area contributed by atoms with Gasteiger partial charge in [-0.3, -0.25) is 20.2 Å². The van der Waals surface area contributed by atoms with Gasteiger partial charge in [0.05, 0.1) is 15.4 Å². The van der Waals surface area contributed by atoms with Crippen LogP contribution in [-0.2, 0) is 6.18 Å². The van der Waals surface area contributed by atoms with Crippen LogP contribution < -0.4 is 4.90 Å². The van der Waals surface area contributed by atoms with Crippen LogP contribution in [0.4, 0.5) is 30.2 Å². The van der Waals surface area contributed by atoms with Crippen molar-refractivity contribution >= 4 is 28.7 Å². The van der Waals surface area contributed by atoms with E-state index < -0.39 is 44.7 Å². The summed E-state index contributed by atoms with van der Waals surface area (Å²) in [5.41, 5.74) is -3.80. The van der Waals surface area contributed by atoms with E-state index in [0.717, 1.165) is 0 Å².